The van der Waals surface area contributed by atoms with Crippen molar-refractivity contribution in [3.63, 3.8) is 0 Å². The second-order valence-electron chi connectivity index (χ2n) is 5.29. The molecule has 0 aliphatic heterocycles. The average Bonchev–Trinajstić information content (AvgIpc) is 2.75. The van der Waals surface area contributed by atoms with Crippen LogP contribution in [-0.4, -0.2) is 19.4 Å². The smallest absolute Gasteiger partial charge is 0.176 e. The minimum atomic E-state index is 0.223. The van der Waals surface area contributed by atoms with Crippen LogP contribution in [0, 0.1) is 0 Å². The van der Waals surface area contributed by atoms with Crippen molar-refractivity contribution in [2.24, 2.45) is 0 Å². The van der Waals surface area contributed by atoms with Gasteiger partial charge in [0.15, 0.2) is 5.78 Å². The molecular formula is C15H19NO. The summed E-state index contributed by atoms with van der Waals surface area (Å²) in [6, 6.07) is 4.29. The molecule has 90 valence electrons. The monoisotopic (exact) mass is 229 g/mol. The second-order valence-corrected chi connectivity index (χ2v) is 5.29. The average molecular weight is 229 g/mol. The minimum Gasteiger partial charge on any atom is -0.313 e. The Hall–Kier alpha value is -1.15. The minimum absolute atomic E-state index is 0.223. The molecule has 0 bridgehead atoms. The Kier molecular flexibility index (Phi) is 2.75. The fraction of sp³-hybridized carbons (Fsp3) is 0.533. The van der Waals surface area contributed by atoms with Crippen LogP contribution in [0.15, 0.2) is 12.1 Å². The maximum atomic E-state index is 11.9. The van der Waals surface area contributed by atoms with Crippen LogP contribution in [0.3, 0.4) is 0 Å². The summed E-state index contributed by atoms with van der Waals surface area (Å²) in [5.41, 5.74) is 5.41. The SMILES string of the molecule is CNCC(=O)c1cc2c3c(c1)CCC3CCC2. The molecule has 0 spiro atoms. The van der Waals surface area contributed by atoms with E-state index in [1.54, 1.807) is 5.56 Å². The third-order valence-electron chi connectivity index (χ3n) is 4.18. The van der Waals surface area contributed by atoms with Crippen LogP contribution < -0.4 is 5.32 Å². The van der Waals surface area contributed by atoms with Gasteiger partial charge in [0.1, 0.15) is 0 Å². The van der Waals surface area contributed by atoms with E-state index in [9.17, 15) is 4.79 Å². The number of aryl methyl sites for hydroxylation is 2. The van der Waals surface area contributed by atoms with E-state index in [1.165, 1.54) is 43.2 Å². The van der Waals surface area contributed by atoms with Crippen LogP contribution in [0.5, 0.6) is 0 Å². The Balaban J connectivity index is 2.02. The van der Waals surface area contributed by atoms with E-state index in [-0.39, 0.29) is 5.78 Å². The predicted octanol–water partition coefficient (Wildman–Crippen LogP) is 2.45. The van der Waals surface area contributed by atoms with Crippen molar-refractivity contribution in [2.45, 2.75) is 38.0 Å². The first-order valence-electron chi connectivity index (χ1n) is 6.63. The number of carbonyl (C=O) groups excluding carboxylic acids is 1. The number of hydrogen-bond acceptors (Lipinski definition) is 2. The lowest BCUT2D eigenvalue weighted by Gasteiger charge is -2.22. The predicted molar refractivity (Wildman–Crippen MR) is 68.7 cm³/mol. The van der Waals surface area contributed by atoms with Crippen LogP contribution >= 0.6 is 0 Å². The van der Waals surface area contributed by atoms with Crippen molar-refractivity contribution in [1.29, 1.82) is 0 Å². The van der Waals surface area contributed by atoms with Gasteiger partial charge in [-0.05, 0) is 73.9 Å². The molecule has 17 heavy (non-hydrogen) atoms. The molecule has 0 radical (unpaired) electrons. The van der Waals surface area contributed by atoms with Gasteiger partial charge in [0.05, 0.1) is 6.54 Å². The van der Waals surface area contributed by atoms with E-state index >= 15 is 0 Å². The summed E-state index contributed by atoms with van der Waals surface area (Å²) < 4.78 is 0. The lowest BCUT2D eigenvalue weighted by Crippen LogP contribution is -2.19. The number of benzene rings is 1. The second kappa shape index (κ2) is 4.26. The summed E-state index contributed by atoms with van der Waals surface area (Å²) >= 11 is 0. The highest BCUT2D eigenvalue weighted by atomic mass is 16.1. The van der Waals surface area contributed by atoms with Gasteiger partial charge in [-0.3, -0.25) is 4.79 Å². The van der Waals surface area contributed by atoms with E-state index < -0.39 is 0 Å². The molecule has 0 amide bonds. The Labute approximate surface area is 102 Å². The molecule has 3 rings (SSSR count). The summed E-state index contributed by atoms with van der Waals surface area (Å²) in [6.45, 7) is 0.446. The fourth-order valence-corrected chi connectivity index (χ4v) is 3.44. The van der Waals surface area contributed by atoms with E-state index in [0.29, 0.717) is 6.54 Å². The highest BCUT2D eigenvalue weighted by molar-refractivity contribution is 5.98. The molecule has 0 saturated carbocycles. The molecule has 1 unspecified atom stereocenters. The van der Waals surface area contributed by atoms with E-state index in [0.717, 1.165) is 11.5 Å². The normalized spacial score (nSPS) is 21.4. The number of ketones is 1. The Morgan fingerprint density at radius 3 is 2.82 bits per heavy atom. The summed E-state index contributed by atoms with van der Waals surface area (Å²) in [6.07, 6.45) is 6.28. The number of carbonyl (C=O) groups is 1. The lowest BCUT2D eigenvalue weighted by atomic mass is 9.83. The maximum absolute atomic E-state index is 11.9. The third kappa shape index (κ3) is 1.81. The summed E-state index contributed by atoms with van der Waals surface area (Å²) in [5, 5.41) is 2.94. The van der Waals surface area contributed by atoms with Crippen LogP contribution in [0.25, 0.3) is 0 Å². The summed E-state index contributed by atoms with van der Waals surface area (Å²) in [5.74, 6) is 1.02. The first-order chi connectivity index (χ1) is 8.29. The molecule has 2 heteroatoms. The van der Waals surface area contributed by atoms with E-state index in [1.807, 2.05) is 7.05 Å². The lowest BCUT2D eigenvalue weighted by molar-refractivity contribution is 0.0993. The topological polar surface area (TPSA) is 29.1 Å². The van der Waals surface area contributed by atoms with Gasteiger partial charge in [-0.2, -0.15) is 0 Å². The van der Waals surface area contributed by atoms with Crippen LogP contribution in [-0.2, 0) is 12.8 Å². The van der Waals surface area contributed by atoms with Crippen molar-refractivity contribution < 1.29 is 4.79 Å². The van der Waals surface area contributed by atoms with Gasteiger partial charge in [-0.15, -0.1) is 0 Å². The molecule has 0 aromatic heterocycles. The quantitative estimate of drug-likeness (QED) is 0.807. The van der Waals surface area contributed by atoms with Crippen LogP contribution in [0.4, 0.5) is 0 Å². The number of likely N-dealkylation sites (N-methyl/N-ethyl adjacent to an activating group) is 1. The number of hydrogen-bond donors (Lipinski definition) is 1. The number of Topliss-reactive ketones (excluding diaryl/α,β-unsaturated/α-hetero) is 1. The van der Waals surface area contributed by atoms with Gasteiger partial charge in [-0.1, -0.05) is 0 Å². The van der Waals surface area contributed by atoms with Gasteiger partial charge >= 0.3 is 0 Å². The molecule has 1 N–H and O–H groups in total. The highest BCUT2D eigenvalue weighted by Gasteiger charge is 2.29. The molecule has 1 atom stereocenters. The fourth-order valence-electron chi connectivity index (χ4n) is 3.44. The van der Waals surface area contributed by atoms with Gasteiger partial charge in [0.25, 0.3) is 0 Å². The first-order valence-corrected chi connectivity index (χ1v) is 6.63. The van der Waals surface area contributed by atoms with Gasteiger partial charge in [0.2, 0.25) is 0 Å². The standard InChI is InChI=1S/C15H19NO/c1-16-9-14(17)13-7-11-4-2-3-10-5-6-12(8-13)15(10)11/h7-8,10,16H,2-6,9H2,1H3. The van der Waals surface area contributed by atoms with Crippen molar-refractivity contribution >= 4 is 5.78 Å². The molecule has 1 aromatic carbocycles. The molecule has 0 heterocycles. The van der Waals surface area contributed by atoms with E-state index in [2.05, 4.69) is 17.4 Å². The largest absolute Gasteiger partial charge is 0.313 e. The molecular weight excluding hydrogens is 210 g/mol. The molecule has 2 aliphatic carbocycles. The number of rotatable bonds is 3. The maximum Gasteiger partial charge on any atom is 0.176 e. The summed E-state index contributed by atoms with van der Waals surface area (Å²) in [7, 11) is 1.82. The molecule has 2 nitrogen and oxygen atoms in total. The Morgan fingerprint density at radius 2 is 2.06 bits per heavy atom. The van der Waals surface area contributed by atoms with Gasteiger partial charge < -0.3 is 5.32 Å². The zero-order valence-electron chi connectivity index (χ0n) is 10.4. The molecule has 2 aliphatic rings. The first kappa shape index (κ1) is 11.0. The van der Waals surface area contributed by atoms with Crippen molar-refractivity contribution in [1.82, 2.24) is 5.32 Å². The third-order valence-corrected chi connectivity index (χ3v) is 4.18. The highest BCUT2D eigenvalue weighted by Crippen LogP contribution is 2.43. The van der Waals surface area contributed by atoms with Crippen LogP contribution in [0.1, 0.15) is 52.2 Å². The molecule has 1 aromatic rings. The van der Waals surface area contributed by atoms with Gasteiger partial charge in [-0.25, -0.2) is 0 Å². The Morgan fingerprint density at radius 1 is 1.29 bits per heavy atom. The number of nitrogens with one attached hydrogen (secondary N) is 1. The van der Waals surface area contributed by atoms with Crippen molar-refractivity contribution in [3.8, 4) is 0 Å². The Bertz CT molecular complexity index is 464. The van der Waals surface area contributed by atoms with Crippen molar-refractivity contribution in [3.05, 3.63) is 34.4 Å². The zero-order chi connectivity index (χ0) is 11.8. The molecule has 0 saturated heterocycles. The van der Waals surface area contributed by atoms with Gasteiger partial charge in [0, 0.05) is 5.56 Å². The van der Waals surface area contributed by atoms with Crippen molar-refractivity contribution in [2.75, 3.05) is 13.6 Å². The zero-order valence-corrected chi connectivity index (χ0v) is 10.4. The van der Waals surface area contributed by atoms with Crippen LogP contribution in [0.2, 0.25) is 0 Å². The summed E-state index contributed by atoms with van der Waals surface area (Å²) in [4.78, 5) is 11.9. The van der Waals surface area contributed by atoms with E-state index in [4.69, 9.17) is 0 Å². The molecule has 0 fully saturated rings.